The average molecular weight is 353 g/mol. The highest BCUT2D eigenvalue weighted by Crippen LogP contribution is 2.09. The van der Waals surface area contributed by atoms with Crippen molar-refractivity contribution in [1.82, 2.24) is 9.80 Å². The molecule has 0 atom stereocenters. The summed E-state index contributed by atoms with van der Waals surface area (Å²) in [5, 5.41) is 0. The fourth-order valence-corrected chi connectivity index (χ4v) is 1.20. The van der Waals surface area contributed by atoms with Crippen LogP contribution in [0.3, 0.4) is 0 Å². The van der Waals surface area contributed by atoms with Crippen molar-refractivity contribution in [2.45, 2.75) is 59.5 Å². The smallest absolute Gasteiger partial charge is 0.314 e. The summed E-state index contributed by atoms with van der Waals surface area (Å²) in [7, 11) is 3.37. The van der Waals surface area contributed by atoms with E-state index in [-0.39, 0.29) is 23.1 Å². The van der Waals surface area contributed by atoms with Gasteiger partial charge in [-0.1, -0.05) is 35.9 Å². The Labute approximate surface area is 153 Å². The van der Waals surface area contributed by atoms with Gasteiger partial charge in [-0.15, -0.1) is 0 Å². The Morgan fingerprint density at radius 3 is 1.12 bits per heavy atom. The number of nitrogens with two attached hydrogens (primary N) is 2. The van der Waals surface area contributed by atoms with Crippen molar-refractivity contribution < 1.29 is 9.59 Å². The normalized spacial score (nSPS) is 10.4. The molecule has 1 aromatic rings. The minimum atomic E-state index is -0.387. The number of benzene rings is 1. The maximum absolute atomic E-state index is 10.5. The van der Waals surface area contributed by atoms with E-state index in [0.717, 1.165) is 0 Å². The minimum absolute atomic E-state index is 0.161. The van der Waals surface area contributed by atoms with Crippen LogP contribution in [-0.2, 0) is 0 Å². The summed E-state index contributed by atoms with van der Waals surface area (Å²) < 4.78 is 0. The number of carbonyl (C=O) groups excluding carboxylic acids is 2. The second-order valence-corrected chi connectivity index (χ2v) is 7.79. The van der Waals surface area contributed by atoms with Crippen LogP contribution in [0.1, 0.15) is 47.1 Å². The fourth-order valence-electron chi connectivity index (χ4n) is 1.20. The number of carbonyl (C=O) groups is 2. The Balaban J connectivity index is 0. The van der Waals surface area contributed by atoms with E-state index in [4.69, 9.17) is 11.5 Å². The third-order valence-electron chi connectivity index (χ3n) is 3.61. The zero-order valence-corrected chi connectivity index (χ0v) is 17.3. The Hall–Kier alpha value is -2.24. The molecule has 0 saturated heterocycles. The zero-order chi connectivity index (χ0) is 20.4. The van der Waals surface area contributed by atoms with E-state index in [9.17, 15) is 9.59 Å². The van der Waals surface area contributed by atoms with Gasteiger partial charge < -0.3 is 21.3 Å². The first kappa shape index (κ1) is 25.0. The molecule has 0 aliphatic heterocycles. The van der Waals surface area contributed by atoms with E-state index < -0.39 is 0 Å². The summed E-state index contributed by atoms with van der Waals surface area (Å²) in [4.78, 5) is 24.0. The predicted molar refractivity (Wildman–Crippen MR) is 105 cm³/mol. The van der Waals surface area contributed by atoms with Gasteiger partial charge >= 0.3 is 12.1 Å². The monoisotopic (exact) mass is 352 g/mol. The lowest BCUT2D eigenvalue weighted by Gasteiger charge is -2.29. The molecule has 0 aliphatic carbocycles. The molecule has 4 amide bonds. The van der Waals surface area contributed by atoms with Gasteiger partial charge in [0.1, 0.15) is 0 Å². The van der Waals surface area contributed by atoms with E-state index in [2.05, 4.69) is 19.1 Å². The number of nitrogens with zero attached hydrogens (tertiary/aromatic N) is 2. The molecule has 0 radical (unpaired) electrons. The first-order valence-electron chi connectivity index (χ1n) is 8.19. The molecule has 6 heteroatoms. The molecule has 4 N–H and O–H groups in total. The Morgan fingerprint density at radius 2 is 1.04 bits per heavy atom. The second-order valence-electron chi connectivity index (χ2n) is 7.79. The average Bonchev–Trinajstić information content (AvgIpc) is 2.45. The number of hydrogen-bond donors (Lipinski definition) is 2. The van der Waals surface area contributed by atoms with Crippen LogP contribution in [0, 0.1) is 6.92 Å². The molecule has 1 rings (SSSR count). The van der Waals surface area contributed by atoms with Gasteiger partial charge in [-0.2, -0.15) is 0 Å². The number of hydrogen-bond acceptors (Lipinski definition) is 2. The Morgan fingerprint density at radius 1 is 0.760 bits per heavy atom. The molecule has 0 bridgehead atoms. The van der Waals surface area contributed by atoms with Gasteiger partial charge in [-0.3, -0.25) is 0 Å². The van der Waals surface area contributed by atoms with Gasteiger partial charge in [0.2, 0.25) is 0 Å². The second kappa shape index (κ2) is 10.6. The van der Waals surface area contributed by atoms with Gasteiger partial charge in [0.05, 0.1) is 0 Å². The molecule has 0 unspecified atom stereocenters. The van der Waals surface area contributed by atoms with E-state index in [0.29, 0.717) is 0 Å². The lowest BCUT2D eigenvalue weighted by atomic mass is 10.1. The Kier molecular flexibility index (Phi) is 10.6. The van der Waals surface area contributed by atoms with E-state index >= 15 is 0 Å². The highest BCUT2D eigenvalue weighted by Gasteiger charge is 2.19. The maximum atomic E-state index is 10.5. The van der Waals surface area contributed by atoms with Crippen molar-refractivity contribution in [2.75, 3.05) is 14.1 Å². The quantitative estimate of drug-likeness (QED) is 0.747. The molecule has 0 spiro atoms. The molecule has 0 aliphatic rings. The number of aryl methyl sites for hydroxylation is 1. The van der Waals surface area contributed by atoms with Crippen molar-refractivity contribution in [3.8, 4) is 0 Å². The lowest BCUT2D eigenvalue weighted by Crippen LogP contribution is -2.45. The van der Waals surface area contributed by atoms with Crippen molar-refractivity contribution in [2.24, 2.45) is 11.5 Å². The first-order chi connectivity index (χ1) is 11.1. The van der Waals surface area contributed by atoms with Crippen LogP contribution in [0.25, 0.3) is 0 Å². The molecule has 6 nitrogen and oxygen atoms in total. The largest absolute Gasteiger partial charge is 0.351 e. The summed E-state index contributed by atoms with van der Waals surface area (Å²) in [6, 6.07) is 9.49. The fraction of sp³-hybridized carbons (Fsp3) is 0.579. The van der Waals surface area contributed by atoms with Crippen LogP contribution in [0.15, 0.2) is 30.3 Å². The van der Waals surface area contributed by atoms with Gasteiger partial charge in [0, 0.05) is 25.2 Å². The van der Waals surface area contributed by atoms with E-state index in [1.807, 2.05) is 59.7 Å². The summed E-state index contributed by atoms with van der Waals surface area (Å²) in [5.74, 6) is 0. The first-order valence-corrected chi connectivity index (χ1v) is 8.19. The summed E-state index contributed by atoms with van der Waals surface area (Å²) >= 11 is 0. The SMILES string of the molecule is CN(C(N)=O)C(C)(C)C.CN(C(N)=O)C(C)(C)C.Cc1ccccc1. The summed E-state index contributed by atoms with van der Waals surface area (Å²) in [5.41, 5.74) is 11.0. The molecular weight excluding hydrogens is 316 g/mol. The van der Waals surface area contributed by atoms with Gasteiger partial charge in [-0.05, 0) is 48.5 Å². The number of rotatable bonds is 0. The van der Waals surface area contributed by atoms with E-state index in [1.165, 1.54) is 15.4 Å². The number of urea groups is 2. The molecule has 0 aromatic heterocycles. The Bertz CT molecular complexity index is 486. The lowest BCUT2D eigenvalue weighted by molar-refractivity contribution is 0.174. The molecule has 0 heterocycles. The highest BCUT2D eigenvalue weighted by molar-refractivity contribution is 5.72. The van der Waals surface area contributed by atoms with Crippen LogP contribution in [-0.4, -0.2) is 47.0 Å². The highest BCUT2D eigenvalue weighted by atomic mass is 16.2. The minimum Gasteiger partial charge on any atom is -0.351 e. The van der Waals surface area contributed by atoms with Gasteiger partial charge in [0.15, 0.2) is 0 Å². The van der Waals surface area contributed by atoms with Crippen molar-refractivity contribution >= 4 is 12.1 Å². The molecule has 144 valence electrons. The molecule has 0 fully saturated rings. The van der Waals surface area contributed by atoms with Crippen LogP contribution in [0.2, 0.25) is 0 Å². The maximum Gasteiger partial charge on any atom is 0.314 e. The standard InChI is InChI=1S/C7H8.2C6H14N2O/c1-7-5-3-2-4-6-7;2*1-6(2,3)8(4)5(7)9/h2-6H,1H3;2*1-4H3,(H2,7,9). The third-order valence-corrected chi connectivity index (χ3v) is 3.61. The van der Waals surface area contributed by atoms with Crippen LogP contribution < -0.4 is 11.5 Å². The summed E-state index contributed by atoms with van der Waals surface area (Å²) in [6.07, 6.45) is 0. The van der Waals surface area contributed by atoms with Crippen molar-refractivity contribution in [1.29, 1.82) is 0 Å². The number of amides is 4. The van der Waals surface area contributed by atoms with Crippen molar-refractivity contribution in [3.05, 3.63) is 35.9 Å². The van der Waals surface area contributed by atoms with Gasteiger partial charge in [-0.25, -0.2) is 9.59 Å². The third kappa shape index (κ3) is 12.8. The zero-order valence-electron chi connectivity index (χ0n) is 17.3. The topological polar surface area (TPSA) is 92.7 Å². The van der Waals surface area contributed by atoms with Crippen LogP contribution >= 0.6 is 0 Å². The molecule has 25 heavy (non-hydrogen) atoms. The summed E-state index contributed by atoms with van der Waals surface area (Å²) in [6.45, 7) is 13.7. The molecule has 1 aromatic carbocycles. The van der Waals surface area contributed by atoms with Gasteiger partial charge in [0.25, 0.3) is 0 Å². The van der Waals surface area contributed by atoms with Crippen LogP contribution in [0.4, 0.5) is 9.59 Å². The van der Waals surface area contributed by atoms with Crippen molar-refractivity contribution in [3.63, 3.8) is 0 Å². The predicted octanol–water partition coefficient (Wildman–Crippen LogP) is 3.59. The molecule has 0 saturated carbocycles. The van der Waals surface area contributed by atoms with E-state index in [1.54, 1.807) is 14.1 Å². The molecular formula is C19H36N4O2. The van der Waals surface area contributed by atoms with Crippen LogP contribution in [0.5, 0.6) is 0 Å². The number of primary amides is 2.